The lowest BCUT2D eigenvalue weighted by Crippen LogP contribution is -2.29. The number of benzene rings is 3. The number of methoxy groups -OCH3 is 2. The highest BCUT2D eigenvalue weighted by atomic mass is 16.6. The molecule has 1 atom stereocenters. The molecule has 1 N–H and O–H groups in total. The Balaban J connectivity index is 1.87. The Morgan fingerprint density at radius 3 is 2.03 bits per heavy atom. The van der Waals surface area contributed by atoms with Crippen molar-refractivity contribution in [2.75, 3.05) is 19.1 Å². The second kappa shape index (κ2) is 9.71. The van der Waals surface area contributed by atoms with Crippen LogP contribution in [0, 0.1) is 10.1 Å². The molecule has 0 spiro atoms. The second-order valence-electron chi connectivity index (χ2n) is 7.78. The summed E-state index contributed by atoms with van der Waals surface area (Å²) in [7, 11) is 2.75. The smallest absolute Gasteiger partial charge is 0.337 e. The summed E-state index contributed by atoms with van der Waals surface area (Å²) in [6.45, 7) is 0. The minimum absolute atomic E-state index is 0.137. The average Bonchev–Trinajstić information content (AvgIpc) is 3.18. The molecule has 182 valence electrons. The number of nitro benzene ring substituents is 1. The largest absolute Gasteiger partial charge is 0.507 e. The van der Waals surface area contributed by atoms with Crippen molar-refractivity contribution in [3.05, 3.63) is 105 Å². The van der Waals surface area contributed by atoms with E-state index < -0.39 is 34.4 Å². The highest BCUT2D eigenvalue weighted by molar-refractivity contribution is 6.51. The number of non-ortho nitro benzene ring substituents is 1. The predicted molar refractivity (Wildman–Crippen MR) is 129 cm³/mol. The molecular formula is C26H20N2O8. The van der Waals surface area contributed by atoms with Crippen LogP contribution in [-0.2, 0) is 14.3 Å². The van der Waals surface area contributed by atoms with E-state index in [9.17, 15) is 29.6 Å². The number of hydrogen-bond acceptors (Lipinski definition) is 8. The normalized spacial score (nSPS) is 16.6. The lowest BCUT2D eigenvalue weighted by atomic mass is 9.95. The first-order valence-electron chi connectivity index (χ1n) is 10.6. The molecule has 10 nitrogen and oxygen atoms in total. The van der Waals surface area contributed by atoms with Crippen LogP contribution in [0.4, 0.5) is 11.4 Å². The van der Waals surface area contributed by atoms with Crippen molar-refractivity contribution < 1.29 is 33.9 Å². The number of ketones is 1. The van der Waals surface area contributed by atoms with Gasteiger partial charge >= 0.3 is 5.97 Å². The zero-order valence-electron chi connectivity index (χ0n) is 19.2. The number of aliphatic hydroxyl groups is 1. The summed E-state index contributed by atoms with van der Waals surface area (Å²) < 4.78 is 9.90. The number of carbonyl (C=O) groups is 3. The van der Waals surface area contributed by atoms with Gasteiger partial charge in [-0.15, -0.1) is 0 Å². The first-order chi connectivity index (χ1) is 17.3. The molecule has 1 saturated heterocycles. The van der Waals surface area contributed by atoms with Gasteiger partial charge in [0.1, 0.15) is 11.5 Å². The van der Waals surface area contributed by atoms with Gasteiger partial charge in [-0.3, -0.25) is 24.6 Å². The number of ether oxygens (including phenoxy) is 2. The second-order valence-corrected chi connectivity index (χ2v) is 7.78. The maximum atomic E-state index is 13.2. The maximum Gasteiger partial charge on any atom is 0.337 e. The molecule has 0 aromatic heterocycles. The molecule has 0 aliphatic carbocycles. The Morgan fingerprint density at radius 1 is 0.917 bits per heavy atom. The van der Waals surface area contributed by atoms with Crippen LogP contribution in [-0.4, -0.2) is 41.9 Å². The van der Waals surface area contributed by atoms with Crippen LogP contribution in [0.5, 0.6) is 5.75 Å². The monoisotopic (exact) mass is 488 g/mol. The van der Waals surface area contributed by atoms with Crippen molar-refractivity contribution in [3.63, 3.8) is 0 Å². The molecule has 1 heterocycles. The first-order valence-corrected chi connectivity index (χ1v) is 10.6. The SMILES string of the molecule is COC(=O)c1ccc(N2C(=O)C(=O)/C(=C(\O)c3ccc([N+](=O)[O-])cc3)C2c2ccc(OC)cc2)cc1. The number of rotatable bonds is 6. The number of Topliss-reactive ketones (excluding diaryl/α,β-unsaturated/α-hetero) is 1. The van der Waals surface area contributed by atoms with Gasteiger partial charge in [0, 0.05) is 23.4 Å². The van der Waals surface area contributed by atoms with Crippen molar-refractivity contribution in [2.45, 2.75) is 6.04 Å². The van der Waals surface area contributed by atoms with Gasteiger partial charge < -0.3 is 14.6 Å². The van der Waals surface area contributed by atoms with Crippen LogP contribution in [0.1, 0.15) is 27.5 Å². The molecule has 0 radical (unpaired) electrons. The molecule has 0 saturated carbocycles. The fourth-order valence-electron chi connectivity index (χ4n) is 3.97. The van der Waals surface area contributed by atoms with Gasteiger partial charge in [-0.2, -0.15) is 0 Å². The van der Waals surface area contributed by atoms with E-state index >= 15 is 0 Å². The van der Waals surface area contributed by atoms with E-state index in [1.807, 2.05) is 0 Å². The Labute approximate surface area is 205 Å². The molecular weight excluding hydrogens is 468 g/mol. The number of aliphatic hydroxyl groups excluding tert-OH is 1. The van der Waals surface area contributed by atoms with Gasteiger partial charge in [0.15, 0.2) is 0 Å². The summed E-state index contributed by atoms with van der Waals surface area (Å²) in [4.78, 5) is 49.8. The molecule has 1 amide bonds. The van der Waals surface area contributed by atoms with Crippen molar-refractivity contribution in [1.82, 2.24) is 0 Å². The Kier molecular flexibility index (Phi) is 6.51. The van der Waals surface area contributed by atoms with Gasteiger partial charge in [-0.1, -0.05) is 12.1 Å². The Hall–Kier alpha value is -4.99. The number of amides is 1. The maximum absolute atomic E-state index is 13.2. The summed E-state index contributed by atoms with van der Waals surface area (Å²) in [5, 5.41) is 22.1. The Bertz CT molecular complexity index is 1380. The van der Waals surface area contributed by atoms with Crippen LogP contribution in [0.15, 0.2) is 78.4 Å². The van der Waals surface area contributed by atoms with E-state index in [2.05, 4.69) is 0 Å². The van der Waals surface area contributed by atoms with Crippen LogP contribution in [0.25, 0.3) is 5.76 Å². The number of nitro groups is 1. The third-order valence-electron chi connectivity index (χ3n) is 5.79. The summed E-state index contributed by atoms with van der Waals surface area (Å²) in [6, 6.07) is 16.5. The van der Waals surface area contributed by atoms with Crippen molar-refractivity contribution in [1.29, 1.82) is 0 Å². The third kappa shape index (κ3) is 4.27. The molecule has 4 rings (SSSR count). The zero-order chi connectivity index (χ0) is 26.0. The number of esters is 1. The van der Waals surface area contributed by atoms with Gasteiger partial charge in [0.2, 0.25) is 0 Å². The molecule has 0 bridgehead atoms. The summed E-state index contributed by atoms with van der Waals surface area (Å²) in [6.07, 6.45) is 0. The predicted octanol–water partition coefficient (Wildman–Crippen LogP) is 4.02. The Morgan fingerprint density at radius 2 is 1.50 bits per heavy atom. The lowest BCUT2D eigenvalue weighted by Gasteiger charge is -2.25. The molecule has 1 unspecified atom stereocenters. The third-order valence-corrected chi connectivity index (χ3v) is 5.79. The van der Waals surface area contributed by atoms with Crippen LogP contribution < -0.4 is 9.64 Å². The molecule has 3 aromatic carbocycles. The van der Waals surface area contributed by atoms with E-state index in [4.69, 9.17) is 9.47 Å². The minimum atomic E-state index is -1.02. The molecule has 36 heavy (non-hydrogen) atoms. The summed E-state index contributed by atoms with van der Waals surface area (Å²) in [5.41, 5.74) is 0.840. The van der Waals surface area contributed by atoms with Crippen molar-refractivity contribution >= 4 is 34.8 Å². The molecule has 10 heteroatoms. The fraction of sp³-hybridized carbons (Fsp3) is 0.115. The minimum Gasteiger partial charge on any atom is -0.507 e. The quantitative estimate of drug-likeness (QED) is 0.137. The number of nitrogens with zero attached hydrogens (tertiary/aromatic N) is 2. The van der Waals surface area contributed by atoms with Gasteiger partial charge in [-0.05, 0) is 54.1 Å². The highest BCUT2D eigenvalue weighted by Crippen LogP contribution is 2.42. The lowest BCUT2D eigenvalue weighted by molar-refractivity contribution is -0.384. The summed E-state index contributed by atoms with van der Waals surface area (Å²) in [5.74, 6) is -2.30. The molecule has 1 aliphatic rings. The van der Waals surface area contributed by atoms with Gasteiger partial charge in [0.25, 0.3) is 17.4 Å². The molecule has 1 aliphatic heterocycles. The van der Waals surface area contributed by atoms with E-state index in [0.29, 0.717) is 17.0 Å². The fourth-order valence-corrected chi connectivity index (χ4v) is 3.97. The van der Waals surface area contributed by atoms with Crippen molar-refractivity contribution in [2.24, 2.45) is 0 Å². The van der Waals surface area contributed by atoms with E-state index in [0.717, 1.165) is 0 Å². The zero-order valence-corrected chi connectivity index (χ0v) is 19.2. The van der Waals surface area contributed by atoms with Gasteiger partial charge in [0.05, 0.1) is 36.3 Å². The van der Waals surface area contributed by atoms with Crippen LogP contribution >= 0.6 is 0 Å². The number of carbonyl (C=O) groups excluding carboxylic acids is 3. The van der Waals surface area contributed by atoms with Crippen LogP contribution in [0.3, 0.4) is 0 Å². The standard InChI is InChI=1S/C26H20N2O8/c1-35-20-13-7-15(8-14-20)22-21(23(29)16-3-11-19(12-4-16)28(33)34)24(30)25(31)27(22)18-9-5-17(6-10-18)26(32)36-2/h3-14,22,29H,1-2H3/b23-21-. The van der Waals surface area contributed by atoms with E-state index in [1.165, 1.54) is 67.7 Å². The number of hydrogen-bond donors (Lipinski definition) is 1. The average molecular weight is 488 g/mol. The van der Waals surface area contributed by atoms with E-state index in [-0.39, 0.29) is 22.4 Å². The topological polar surface area (TPSA) is 136 Å². The van der Waals surface area contributed by atoms with Crippen molar-refractivity contribution in [3.8, 4) is 5.75 Å². The van der Waals surface area contributed by atoms with Gasteiger partial charge in [-0.25, -0.2) is 4.79 Å². The number of anilines is 1. The van der Waals surface area contributed by atoms with E-state index in [1.54, 1.807) is 24.3 Å². The molecule has 1 fully saturated rings. The first kappa shape index (κ1) is 24.1. The summed E-state index contributed by atoms with van der Waals surface area (Å²) >= 11 is 0. The highest BCUT2D eigenvalue weighted by Gasteiger charge is 2.47. The van der Waals surface area contributed by atoms with Crippen LogP contribution in [0.2, 0.25) is 0 Å². The molecule has 3 aromatic rings.